The van der Waals surface area contributed by atoms with Gasteiger partial charge in [0, 0.05) is 28.2 Å². The molecule has 106 valence electrons. The summed E-state index contributed by atoms with van der Waals surface area (Å²) in [6.07, 6.45) is 2.44. The van der Waals surface area contributed by atoms with Crippen LogP contribution in [-0.4, -0.2) is 23.9 Å². The van der Waals surface area contributed by atoms with E-state index in [1.165, 1.54) is 24.2 Å². The third kappa shape index (κ3) is 2.27. The lowest BCUT2D eigenvalue weighted by Gasteiger charge is -2.24. The first-order valence-electron chi connectivity index (χ1n) is 6.73. The molecule has 3 nitrogen and oxygen atoms in total. The summed E-state index contributed by atoms with van der Waals surface area (Å²) in [7, 11) is 1.86. The lowest BCUT2D eigenvalue weighted by molar-refractivity contribution is 0.0733. The molecule has 1 aromatic heterocycles. The molecule has 1 heterocycles. The van der Waals surface area contributed by atoms with Gasteiger partial charge < -0.3 is 10.6 Å². The van der Waals surface area contributed by atoms with E-state index in [1.54, 1.807) is 6.07 Å². The number of hydrogen-bond donors (Lipinski definition) is 1. The van der Waals surface area contributed by atoms with E-state index in [9.17, 15) is 4.79 Å². The summed E-state index contributed by atoms with van der Waals surface area (Å²) in [5.74, 6) is 0.660. The Labute approximate surface area is 127 Å². The van der Waals surface area contributed by atoms with Crippen molar-refractivity contribution in [1.82, 2.24) is 4.90 Å². The molecule has 1 aromatic carbocycles. The van der Waals surface area contributed by atoms with Gasteiger partial charge in [0.15, 0.2) is 0 Å². The minimum absolute atomic E-state index is 0.0132. The summed E-state index contributed by atoms with van der Waals surface area (Å²) < 4.78 is 0.964. The lowest BCUT2D eigenvalue weighted by atomic mass is 10.1. The number of carbonyl (C=O) groups is 1. The Morgan fingerprint density at radius 1 is 1.50 bits per heavy atom. The molecule has 0 radical (unpaired) electrons. The quantitative estimate of drug-likeness (QED) is 0.931. The molecule has 1 atom stereocenters. The van der Waals surface area contributed by atoms with Crippen LogP contribution < -0.4 is 5.73 Å². The number of nitrogens with zero attached hydrogens (tertiary/aromatic N) is 1. The molecule has 1 amide bonds. The highest BCUT2D eigenvalue weighted by Gasteiger charge is 2.33. The minimum Gasteiger partial charge on any atom is -0.397 e. The number of thiophene rings is 1. The van der Waals surface area contributed by atoms with Gasteiger partial charge in [0.25, 0.3) is 5.91 Å². The highest BCUT2D eigenvalue weighted by Crippen LogP contribution is 2.38. The first-order chi connectivity index (χ1) is 9.49. The number of amides is 1. The highest BCUT2D eigenvalue weighted by atomic mass is 35.5. The van der Waals surface area contributed by atoms with Gasteiger partial charge in [0.2, 0.25) is 0 Å². The molecular formula is C15H17ClN2OS. The van der Waals surface area contributed by atoms with Crippen LogP contribution >= 0.6 is 22.9 Å². The van der Waals surface area contributed by atoms with Crippen LogP contribution in [-0.2, 0) is 0 Å². The number of halogens is 1. The number of carbonyl (C=O) groups excluding carboxylic acids is 1. The van der Waals surface area contributed by atoms with Gasteiger partial charge in [-0.2, -0.15) is 0 Å². The van der Waals surface area contributed by atoms with Gasteiger partial charge in [0.1, 0.15) is 4.88 Å². The molecule has 1 aliphatic rings. The monoisotopic (exact) mass is 308 g/mol. The fourth-order valence-electron chi connectivity index (χ4n) is 2.49. The van der Waals surface area contributed by atoms with Crippen molar-refractivity contribution in [2.75, 3.05) is 12.8 Å². The summed E-state index contributed by atoms with van der Waals surface area (Å²) in [6.45, 7) is 2.11. The van der Waals surface area contributed by atoms with Gasteiger partial charge in [0.05, 0.1) is 5.69 Å². The van der Waals surface area contributed by atoms with Crippen molar-refractivity contribution < 1.29 is 4.79 Å². The zero-order valence-electron chi connectivity index (χ0n) is 11.5. The Morgan fingerprint density at radius 3 is 2.85 bits per heavy atom. The Bertz CT molecular complexity index is 678. The predicted molar refractivity (Wildman–Crippen MR) is 85.5 cm³/mol. The third-order valence-electron chi connectivity index (χ3n) is 4.12. The molecule has 2 N–H and O–H groups in total. The van der Waals surface area contributed by atoms with E-state index in [-0.39, 0.29) is 11.9 Å². The number of nitrogens with two attached hydrogens (primary N) is 1. The van der Waals surface area contributed by atoms with Gasteiger partial charge >= 0.3 is 0 Å². The molecule has 1 aliphatic carbocycles. The zero-order valence-corrected chi connectivity index (χ0v) is 13.1. The maximum absolute atomic E-state index is 12.6. The summed E-state index contributed by atoms with van der Waals surface area (Å²) >= 11 is 7.42. The van der Waals surface area contributed by atoms with Crippen molar-refractivity contribution in [3.05, 3.63) is 28.1 Å². The predicted octanol–water partition coefficient (Wildman–Crippen LogP) is 4.01. The second-order valence-corrected chi connectivity index (χ2v) is 6.97. The number of fused-ring (bicyclic) bond motifs is 1. The Hall–Kier alpha value is -1.26. The van der Waals surface area contributed by atoms with Crippen LogP contribution in [0.25, 0.3) is 10.1 Å². The van der Waals surface area contributed by atoms with E-state index in [4.69, 9.17) is 17.3 Å². The summed E-state index contributed by atoms with van der Waals surface area (Å²) in [6, 6.07) is 5.82. The second-order valence-electron chi connectivity index (χ2n) is 5.48. The van der Waals surface area contributed by atoms with E-state index in [0.717, 1.165) is 10.1 Å². The average Bonchev–Trinajstić information content (AvgIpc) is 3.22. The van der Waals surface area contributed by atoms with E-state index in [0.29, 0.717) is 21.5 Å². The molecule has 1 saturated carbocycles. The Kier molecular flexibility index (Phi) is 3.38. The molecule has 3 rings (SSSR count). The van der Waals surface area contributed by atoms with Crippen LogP contribution in [0.15, 0.2) is 18.2 Å². The SMILES string of the molecule is CC(C1CC1)N(C)C(=O)c1sc2cc(Cl)ccc2c1N. The zero-order chi connectivity index (χ0) is 14.4. The van der Waals surface area contributed by atoms with Crippen LogP contribution in [0.3, 0.4) is 0 Å². The fraction of sp³-hybridized carbons (Fsp3) is 0.400. The van der Waals surface area contributed by atoms with Gasteiger partial charge in [-0.1, -0.05) is 11.6 Å². The molecule has 1 unspecified atom stereocenters. The van der Waals surface area contributed by atoms with Crippen LogP contribution in [0.1, 0.15) is 29.4 Å². The third-order valence-corrected chi connectivity index (χ3v) is 5.51. The summed E-state index contributed by atoms with van der Waals surface area (Å²) in [5.41, 5.74) is 6.71. The lowest BCUT2D eigenvalue weighted by Crippen LogP contribution is -2.36. The Morgan fingerprint density at radius 2 is 2.20 bits per heavy atom. The number of hydrogen-bond acceptors (Lipinski definition) is 3. The second kappa shape index (κ2) is 4.93. The summed E-state index contributed by atoms with van der Waals surface area (Å²) in [5, 5.41) is 1.58. The van der Waals surface area contributed by atoms with E-state index in [2.05, 4.69) is 6.92 Å². The van der Waals surface area contributed by atoms with Crippen molar-refractivity contribution in [2.24, 2.45) is 5.92 Å². The highest BCUT2D eigenvalue weighted by molar-refractivity contribution is 7.21. The molecular weight excluding hydrogens is 292 g/mol. The molecule has 2 aromatic rings. The maximum atomic E-state index is 12.6. The van der Waals surface area contributed by atoms with Crippen LogP contribution in [0, 0.1) is 5.92 Å². The van der Waals surface area contributed by atoms with Crippen molar-refractivity contribution in [1.29, 1.82) is 0 Å². The van der Waals surface area contributed by atoms with Gasteiger partial charge in [-0.05, 0) is 43.9 Å². The summed E-state index contributed by atoms with van der Waals surface area (Å²) in [4.78, 5) is 15.1. The van der Waals surface area contributed by atoms with Gasteiger partial charge in [-0.3, -0.25) is 4.79 Å². The molecule has 1 fully saturated rings. The van der Waals surface area contributed by atoms with Crippen molar-refractivity contribution in [3.63, 3.8) is 0 Å². The van der Waals surface area contributed by atoms with Crippen LogP contribution in [0.2, 0.25) is 5.02 Å². The van der Waals surface area contributed by atoms with E-state index >= 15 is 0 Å². The first-order valence-corrected chi connectivity index (χ1v) is 7.93. The molecule has 5 heteroatoms. The smallest absolute Gasteiger partial charge is 0.266 e. The average molecular weight is 309 g/mol. The van der Waals surface area contributed by atoms with Gasteiger partial charge in [-0.15, -0.1) is 11.3 Å². The topological polar surface area (TPSA) is 46.3 Å². The largest absolute Gasteiger partial charge is 0.397 e. The molecule has 0 saturated heterocycles. The van der Waals surface area contributed by atoms with Crippen LogP contribution in [0.5, 0.6) is 0 Å². The standard InChI is InChI=1S/C15H17ClN2OS/c1-8(9-3-4-9)18(2)15(19)14-13(17)11-6-5-10(16)7-12(11)20-14/h5-9H,3-4,17H2,1-2H3. The maximum Gasteiger partial charge on any atom is 0.266 e. The van der Waals surface area contributed by atoms with Crippen molar-refractivity contribution in [2.45, 2.75) is 25.8 Å². The minimum atomic E-state index is 0.0132. The number of rotatable bonds is 3. The van der Waals surface area contributed by atoms with Crippen molar-refractivity contribution >= 4 is 44.6 Å². The molecule has 20 heavy (non-hydrogen) atoms. The number of nitrogen functional groups attached to an aromatic ring is 1. The van der Waals surface area contributed by atoms with Crippen molar-refractivity contribution in [3.8, 4) is 0 Å². The van der Waals surface area contributed by atoms with Crippen LogP contribution in [0.4, 0.5) is 5.69 Å². The van der Waals surface area contributed by atoms with Gasteiger partial charge in [-0.25, -0.2) is 0 Å². The molecule has 0 bridgehead atoms. The molecule has 0 spiro atoms. The first kappa shape index (κ1) is 13.7. The Balaban J connectivity index is 1.96. The molecule has 0 aliphatic heterocycles. The van der Waals surface area contributed by atoms with E-state index in [1.807, 2.05) is 24.1 Å². The van der Waals surface area contributed by atoms with E-state index < -0.39 is 0 Å². The normalized spacial score (nSPS) is 16.4. The number of anilines is 1. The fourth-order valence-corrected chi connectivity index (χ4v) is 3.87. The number of benzene rings is 1.